The molecule has 2 N–H and O–H groups in total. The van der Waals surface area contributed by atoms with Gasteiger partial charge >= 0.3 is 0 Å². The number of hydrogen-bond donors (Lipinski definition) is 1. The van der Waals surface area contributed by atoms with E-state index < -0.39 is 0 Å². The molecule has 24 heavy (non-hydrogen) atoms. The lowest BCUT2D eigenvalue weighted by Crippen LogP contribution is -2.46. The summed E-state index contributed by atoms with van der Waals surface area (Å²) in [6, 6.07) is 12.1. The van der Waals surface area contributed by atoms with Crippen molar-refractivity contribution >= 4 is 23.1 Å². The summed E-state index contributed by atoms with van der Waals surface area (Å²) in [6.45, 7) is 4.30. The predicted octanol–water partition coefficient (Wildman–Crippen LogP) is 2.57. The summed E-state index contributed by atoms with van der Waals surface area (Å²) in [5, 5.41) is 0. The molecule has 2 aliphatic heterocycles. The van der Waals surface area contributed by atoms with Crippen molar-refractivity contribution in [1.29, 1.82) is 0 Å². The highest BCUT2D eigenvalue weighted by atomic mass is 16.2. The third kappa shape index (κ3) is 2.31. The number of aromatic nitrogens is 1. The zero-order valence-corrected chi connectivity index (χ0v) is 13.9. The summed E-state index contributed by atoms with van der Waals surface area (Å²) in [5.74, 6) is 1.07. The molecular weight excluding hydrogens is 300 g/mol. The predicted molar refractivity (Wildman–Crippen MR) is 96.2 cm³/mol. The zero-order chi connectivity index (χ0) is 16.7. The first-order chi connectivity index (χ1) is 11.6. The summed E-state index contributed by atoms with van der Waals surface area (Å²) in [5.41, 5.74) is 9.10. The van der Waals surface area contributed by atoms with Crippen LogP contribution in [0, 0.1) is 0 Å². The van der Waals surface area contributed by atoms with E-state index in [4.69, 9.17) is 5.73 Å². The first-order valence-corrected chi connectivity index (χ1v) is 8.43. The number of carbonyl (C=O) groups excluding carboxylic acids is 1. The second kappa shape index (κ2) is 5.51. The van der Waals surface area contributed by atoms with Gasteiger partial charge in [0.05, 0.1) is 0 Å². The van der Waals surface area contributed by atoms with Gasteiger partial charge in [-0.15, -0.1) is 0 Å². The van der Waals surface area contributed by atoms with Gasteiger partial charge in [0.1, 0.15) is 5.82 Å². The van der Waals surface area contributed by atoms with Crippen LogP contribution in [0.15, 0.2) is 42.6 Å². The van der Waals surface area contributed by atoms with Gasteiger partial charge in [-0.05, 0) is 30.5 Å². The number of nitrogens with two attached hydrogens (primary N) is 1. The highest BCUT2D eigenvalue weighted by Gasteiger charge is 2.45. The maximum atomic E-state index is 12.0. The first kappa shape index (κ1) is 15.0. The van der Waals surface area contributed by atoms with Crippen LogP contribution in [0.4, 0.5) is 17.2 Å². The number of anilines is 3. The normalized spacial score (nSPS) is 18.7. The van der Waals surface area contributed by atoms with Gasteiger partial charge in [0.25, 0.3) is 0 Å². The lowest BCUT2D eigenvalue weighted by atomic mass is 9.74. The minimum atomic E-state index is 0.0685. The number of benzene rings is 1. The number of nitrogen functional groups attached to an aromatic ring is 1. The first-order valence-electron chi connectivity index (χ1n) is 8.43. The maximum absolute atomic E-state index is 12.0. The van der Waals surface area contributed by atoms with Crippen molar-refractivity contribution in [2.24, 2.45) is 0 Å². The van der Waals surface area contributed by atoms with Gasteiger partial charge in [0.2, 0.25) is 5.91 Å². The molecule has 3 heterocycles. The Balaban J connectivity index is 1.60. The van der Waals surface area contributed by atoms with Gasteiger partial charge in [-0.1, -0.05) is 18.2 Å². The topological polar surface area (TPSA) is 62.5 Å². The second-order valence-electron chi connectivity index (χ2n) is 6.84. The SMILES string of the molecule is CC(=O)N1CC2(CCN(c3cc(N)ccn3)CC2)c2ccccc21. The van der Waals surface area contributed by atoms with Gasteiger partial charge in [-0.25, -0.2) is 4.98 Å². The van der Waals surface area contributed by atoms with Crippen molar-refractivity contribution in [3.05, 3.63) is 48.2 Å². The Morgan fingerprint density at radius 2 is 1.96 bits per heavy atom. The molecule has 5 heteroatoms. The van der Waals surface area contributed by atoms with E-state index in [1.165, 1.54) is 5.56 Å². The largest absolute Gasteiger partial charge is 0.399 e. The van der Waals surface area contributed by atoms with Crippen LogP contribution in [-0.2, 0) is 10.2 Å². The molecule has 124 valence electrons. The highest BCUT2D eigenvalue weighted by Crippen LogP contribution is 2.47. The van der Waals surface area contributed by atoms with Gasteiger partial charge in [-0.2, -0.15) is 0 Å². The van der Waals surface area contributed by atoms with Crippen molar-refractivity contribution in [1.82, 2.24) is 4.98 Å². The number of piperidine rings is 1. The fourth-order valence-corrected chi connectivity index (χ4v) is 4.11. The van der Waals surface area contributed by atoms with Crippen LogP contribution in [0.25, 0.3) is 0 Å². The molecule has 0 unspecified atom stereocenters. The zero-order valence-electron chi connectivity index (χ0n) is 13.9. The Labute approximate surface area is 142 Å². The van der Waals surface area contributed by atoms with E-state index in [1.54, 1.807) is 13.1 Å². The molecule has 0 bridgehead atoms. The van der Waals surface area contributed by atoms with E-state index in [-0.39, 0.29) is 11.3 Å². The van der Waals surface area contributed by atoms with E-state index in [0.717, 1.165) is 49.7 Å². The molecule has 1 aromatic carbocycles. The summed E-state index contributed by atoms with van der Waals surface area (Å²) in [6.07, 6.45) is 3.80. The summed E-state index contributed by atoms with van der Waals surface area (Å²) < 4.78 is 0. The molecule has 4 rings (SSSR count). The van der Waals surface area contributed by atoms with Gasteiger partial charge in [-0.3, -0.25) is 4.79 Å². The van der Waals surface area contributed by atoms with E-state index in [0.29, 0.717) is 0 Å². The van der Waals surface area contributed by atoms with Crippen molar-refractivity contribution < 1.29 is 4.79 Å². The number of carbonyl (C=O) groups is 1. The molecule has 1 saturated heterocycles. The van der Waals surface area contributed by atoms with Gasteiger partial charge in [0.15, 0.2) is 0 Å². The van der Waals surface area contributed by atoms with E-state index in [9.17, 15) is 4.79 Å². The number of para-hydroxylation sites is 1. The number of fused-ring (bicyclic) bond motifs is 2. The molecule has 1 fully saturated rings. The average Bonchev–Trinajstić information content (AvgIpc) is 2.91. The second-order valence-corrected chi connectivity index (χ2v) is 6.84. The Morgan fingerprint density at radius 1 is 1.21 bits per heavy atom. The van der Waals surface area contributed by atoms with Crippen LogP contribution >= 0.6 is 0 Å². The third-order valence-corrected chi connectivity index (χ3v) is 5.42. The maximum Gasteiger partial charge on any atom is 0.223 e. The van der Waals surface area contributed by atoms with E-state index in [2.05, 4.69) is 28.1 Å². The Bertz CT molecular complexity index is 780. The van der Waals surface area contributed by atoms with Crippen molar-refractivity contribution in [3.8, 4) is 0 Å². The number of rotatable bonds is 1. The monoisotopic (exact) mass is 322 g/mol. The number of amides is 1. The summed E-state index contributed by atoms with van der Waals surface area (Å²) in [4.78, 5) is 20.7. The fourth-order valence-electron chi connectivity index (χ4n) is 4.11. The minimum Gasteiger partial charge on any atom is -0.399 e. The van der Waals surface area contributed by atoms with Crippen LogP contribution in [0.2, 0.25) is 0 Å². The number of pyridine rings is 1. The van der Waals surface area contributed by atoms with Crippen molar-refractivity contribution in [3.63, 3.8) is 0 Å². The molecule has 0 saturated carbocycles. The molecular formula is C19H22N4O. The molecule has 0 atom stereocenters. The molecule has 1 amide bonds. The summed E-state index contributed by atoms with van der Waals surface area (Å²) >= 11 is 0. The Morgan fingerprint density at radius 3 is 2.67 bits per heavy atom. The average molecular weight is 322 g/mol. The Kier molecular flexibility index (Phi) is 3.44. The minimum absolute atomic E-state index is 0.0685. The molecule has 1 aromatic heterocycles. The number of hydrogen-bond acceptors (Lipinski definition) is 4. The van der Waals surface area contributed by atoms with Crippen molar-refractivity contribution in [2.75, 3.05) is 35.2 Å². The van der Waals surface area contributed by atoms with Crippen LogP contribution < -0.4 is 15.5 Å². The van der Waals surface area contributed by atoms with Crippen LogP contribution in [0.3, 0.4) is 0 Å². The lowest BCUT2D eigenvalue weighted by molar-refractivity contribution is -0.116. The van der Waals surface area contributed by atoms with Crippen LogP contribution in [0.5, 0.6) is 0 Å². The Hall–Kier alpha value is -2.56. The van der Waals surface area contributed by atoms with Crippen LogP contribution in [-0.4, -0.2) is 30.5 Å². The lowest BCUT2D eigenvalue weighted by Gasteiger charge is -2.40. The molecule has 5 nitrogen and oxygen atoms in total. The van der Waals surface area contributed by atoms with Gasteiger partial charge < -0.3 is 15.5 Å². The molecule has 0 aliphatic carbocycles. The quantitative estimate of drug-likeness (QED) is 0.876. The molecule has 2 aromatic rings. The molecule has 0 radical (unpaired) electrons. The molecule has 2 aliphatic rings. The summed E-state index contributed by atoms with van der Waals surface area (Å²) in [7, 11) is 0. The van der Waals surface area contributed by atoms with E-state index in [1.807, 2.05) is 23.1 Å². The highest BCUT2D eigenvalue weighted by molar-refractivity contribution is 5.94. The standard InChI is InChI=1S/C19H22N4O/c1-14(24)23-13-19(16-4-2-3-5-17(16)23)7-10-22(11-8-19)18-12-15(20)6-9-21-18/h2-6,9,12H,7-8,10-11,13H2,1H3,(H2,20,21). The fraction of sp³-hybridized carbons (Fsp3) is 0.368. The van der Waals surface area contributed by atoms with E-state index >= 15 is 0 Å². The van der Waals surface area contributed by atoms with Crippen LogP contribution in [0.1, 0.15) is 25.3 Å². The smallest absolute Gasteiger partial charge is 0.223 e. The van der Waals surface area contributed by atoms with Gasteiger partial charge in [0, 0.05) is 55.6 Å². The third-order valence-electron chi connectivity index (χ3n) is 5.42. The van der Waals surface area contributed by atoms with Crippen molar-refractivity contribution in [2.45, 2.75) is 25.2 Å². The number of nitrogens with zero attached hydrogens (tertiary/aromatic N) is 3. The molecule has 1 spiro atoms.